The van der Waals surface area contributed by atoms with Crippen LogP contribution in [0.1, 0.15) is 25.3 Å². The molecule has 3 N–H and O–H groups in total. The lowest BCUT2D eigenvalue weighted by Crippen LogP contribution is -2.55. The second-order valence-corrected chi connectivity index (χ2v) is 8.10. The Morgan fingerprint density at radius 3 is 2.27 bits per heavy atom. The molecule has 0 spiro atoms. The highest BCUT2D eigenvalue weighted by Crippen LogP contribution is 2.16. The molecule has 8 nitrogen and oxygen atoms in total. The number of amides is 2. The van der Waals surface area contributed by atoms with Gasteiger partial charge in [-0.1, -0.05) is 43.7 Å². The fraction of sp³-hybridized carbons (Fsp3) is 0.440. The zero-order chi connectivity index (χ0) is 23.6. The lowest BCUT2D eigenvalue weighted by molar-refractivity contribution is -0.153. The van der Waals surface area contributed by atoms with Gasteiger partial charge in [0.15, 0.2) is 12.2 Å². The fourth-order valence-corrected chi connectivity index (χ4v) is 3.62. The molecule has 0 aliphatic carbocycles. The Bertz CT molecular complexity index is 883. The number of hydrogen-bond acceptors (Lipinski definition) is 6. The van der Waals surface area contributed by atoms with Crippen LogP contribution in [0.2, 0.25) is 0 Å². The van der Waals surface area contributed by atoms with Crippen molar-refractivity contribution in [2.45, 2.75) is 38.5 Å². The third-order valence-electron chi connectivity index (χ3n) is 5.69. The van der Waals surface area contributed by atoms with Crippen molar-refractivity contribution in [1.29, 1.82) is 0 Å². The van der Waals surface area contributed by atoms with Gasteiger partial charge in [0.05, 0.1) is 6.61 Å². The quantitative estimate of drug-likeness (QED) is 0.470. The Morgan fingerprint density at radius 2 is 1.64 bits per heavy atom. The van der Waals surface area contributed by atoms with Crippen LogP contribution in [0.4, 0.5) is 5.69 Å². The highest BCUT2D eigenvalue weighted by Gasteiger charge is 2.34. The van der Waals surface area contributed by atoms with Gasteiger partial charge in [0.25, 0.3) is 11.8 Å². The van der Waals surface area contributed by atoms with E-state index in [0.717, 1.165) is 29.8 Å². The van der Waals surface area contributed by atoms with Gasteiger partial charge in [-0.3, -0.25) is 9.59 Å². The number of piperazine rings is 1. The predicted molar refractivity (Wildman–Crippen MR) is 126 cm³/mol. The summed E-state index contributed by atoms with van der Waals surface area (Å²) in [7, 11) is 0. The highest BCUT2D eigenvalue weighted by atomic mass is 16.5. The number of nitrogens with zero attached hydrogens (tertiary/aromatic N) is 2. The molecule has 2 aromatic rings. The number of ether oxygens (including phenoxy) is 1. The van der Waals surface area contributed by atoms with Crippen molar-refractivity contribution in [1.82, 2.24) is 10.2 Å². The first-order chi connectivity index (χ1) is 16.0. The van der Waals surface area contributed by atoms with Crippen molar-refractivity contribution in [3.8, 4) is 5.75 Å². The standard InChI is InChI=1S/C25H33N3O5/c1-2-3-17-33-21-11-9-19(10-12-21)18-26-24(31)22(29)23(30)25(32)28-15-13-27(14-16-28)20-7-5-4-6-8-20/h4-12,22-23,29-30H,2-3,13-18H2,1H3,(H,26,31)/t22-,23-/m1/s1. The number of aliphatic hydroxyl groups is 2. The maximum atomic E-state index is 12.6. The van der Waals surface area contributed by atoms with Gasteiger partial charge in [-0.25, -0.2) is 0 Å². The first-order valence-corrected chi connectivity index (χ1v) is 11.4. The lowest BCUT2D eigenvalue weighted by atomic mass is 10.1. The molecule has 8 heteroatoms. The van der Waals surface area contributed by atoms with Crippen LogP contribution >= 0.6 is 0 Å². The van der Waals surface area contributed by atoms with Crippen LogP contribution in [0.5, 0.6) is 5.75 Å². The van der Waals surface area contributed by atoms with Crippen LogP contribution in [-0.4, -0.2) is 71.9 Å². The van der Waals surface area contributed by atoms with Crippen molar-refractivity contribution in [3.63, 3.8) is 0 Å². The summed E-state index contributed by atoms with van der Waals surface area (Å²) in [6.07, 6.45) is -1.59. The Balaban J connectivity index is 1.43. The maximum absolute atomic E-state index is 12.6. The first-order valence-electron chi connectivity index (χ1n) is 11.4. The summed E-state index contributed by atoms with van der Waals surface area (Å²) in [6.45, 7) is 4.97. The number of anilines is 1. The molecule has 2 amide bonds. The van der Waals surface area contributed by atoms with Gasteiger partial charge >= 0.3 is 0 Å². The molecule has 3 rings (SSSR count). The molecule has 33 heavy (non-hydrogen) atoms. The highest BCUT2D eigenvalue weighted by molar-refractivity contribution is 5.90. The van der Waals surface area contributed by atoms with Crippen LogP contribution in [0.3, 0.4) is 0 Å². The molecule has 0 unspecified atom stereocenters. The number of para-hydroxylation sites is 1. The van der Waals surface area contributed by atoms with Crippen molar-refractivity contribution < 1.29 is 24.5 Å². The summed E-state index contributed by atoms with van der Waals surface area (Å²) in [5.74, 6) is -0.673. The van der Waals surface area contributed by atoms with Gasteiger partial charge in [-0.15, -0.1) is 0 Å². The zero-order valence-corrected chi connectivity index (χ0v) is 19.0. The summed E-state index contributed by atoms with van der Waals surface area (Å²) in [5, 5.41) is 23.1. The van der Waals surface area contributed by atoms with Gasteiger partial charge in [-0.05, 0) is 36.2 Å². The monoisotopic (exact) mass is 455 g/mol. The maximum Gasteiger partial charge on any atom is 0.254 e. The number of aliphatic hydroxyl groups excluding tert-OH is 2. The smallest absolute Gasteiger partial charge is 0.254 e. The molecule has 1 fully saturated rings. The second-order valence-electron chi connectivity index (χ2n) is 8.10. The minimum absolute atomic E-state index is 0.168. The minimum Gasteiger partial charge on any atom is -0.494 e. The van der Waals surface area contributed by atoms with Crippen molar-refractivity contribution in [3.05, 3.63) is 60.2 Å². The van der Waals surface area contributed by atoms with Crippen LogP contribution in [0, 0.1) is 0 Å². The van der Waals surface area contributed by atoms with E-state index in [9.17, 15) is 19.8 Å². The topological polar surface area (TPSA) is 102 Å². The van der Waals surface area contributed by atoms with E-state index in [1.54, 1.807) is 0 Å². The van der Waals surface area contributed by atoms with Crippen molar-refractivity contribution in [2.24, 2.45) is 0 Å². The number of hydrogen-bond donors (Lipinski definition) is 3. The Kier molecular flexibility index (Phi) is 9.09. The van der Waals surface area contributed by atoms with Crippen LogP contribution < -0.4 is 15.0 Å². The molecule has 0 bridgehead atoms. The van der Waals surface area contributed by atoms with Crippen molar-refractivity contribution >= 4 is 17.5 Å². The number of unbranched alkanes of at least 4 members (excludes halogenated alkanes) is 1. The third kappa shape index (κ3) is 6.94. The van der Waals surface area contributed by atoms with Crippen LogP contribution in [-0.2, 0) is 16.1 Å². The van der Waals surface area contributed by atoms with E-state index in [0.29, 0.717) is 32.8 Å². The molecule has 2 atom stereocenters. The third-order valence-corrected chi connectivity index (χ3v) is 5.69. The number of carbonyl (C=O) groups excluding carboxylic acids is 2. The van der Waals surface area contributed by atoms with Gasteiger partial charge in [0.1, 0.15) is 5.75 Å². The Morgan fingerprint density at radius 1 is 0.970 bits per heavy atom. The van der Waals surface area contributed by atoms with Gasteiger partial charge < -0.3 is 30.1 Å². The predicted octanol–water partition coefficient (Wildman–Crippen LogP) is 1.55. The van der Waals surface area contributed by atoms with E-state index in [-0.39, 0.29) is 6.54 Å². The number of benzene rings is 2. The summed E-state index contributed by atoms with van der Waals surface area (Å²) in [6, 6.07) is 17.2. The van der Waals surface area contributed by atoms with E-state index in [1.807, 2.05) is 54.6 Å². The normalized spacial score (nSPS) is 15.6. The number of carbonyl (C=O) groups is 2. The van der Waals surface area contributed by atoms with Gasteiger partial charge in [-0.2, -0.15) is 0 Å². The summed E-state index contributed by atoms with van der Waals surface area (Å²) >= 11 is 0. The molecular weight excluding hydrogens is 422 g/mol. The lowest BCUT2D eigenvalue weighted by Gasteiger charge is -2.37. The summed E-state index contributed by atoms with van der Waals surface area (Å²) in [4.78, 5) is 28.5. The average Bonchev–Trinajstić information content (AvgIpc) is 2.87. The molecular formula is C25H33N3O5. The van der Waals surface area contributed by atoms with E-state index in [2.05, 4.69) is 17.1 Å². The van der Waals surface area contributed by atoms with Crippen molar-refractivity contribution in [2.75, 3.05) is 37.7 Å². The Labute approximate surface area is 194 Å². The van der Waals surface area contributed by atoms with E-state index in [4.69, 9.17) is 4.74 Å². The molecule has 0 radical (unpaired) electrons. The van der Waals surface area contributed by atoms with E-state index < -0.39 is 24.0 Å². The van der Waals surface area contributed by atoms with Gasteiger partial charge in [0, 0.05) is 38.4 Å². The van der Waals surface area contributed by atoms with Gasteiger partial charge in [0.2, 0.25) is 0 Å². The second kappa shape index (κ2) is 12.2. The minimum atomic E-state index is -1.83. The molecule has 1 heterocycles. The molecule has 2 aromatic carbocycles. The Hall–Kier alpha value is -3.10. The SMILES string of the molecule is CCCCOc1ccc(CNC(=O)[C@H](O)[C@@H](O)C(=O)N2CCN(c3ccccc3)CC2)cc1. The molecule has 178 valence electrons. The first kappa shape index (κ1) is 24.5. The number of nitrogens with one attached hydrogen (secondary N) is 1. The molecule has 1 aliphatic rings. The zero-order valence-electron chi connectivity index (χ0n) is 19.0. The average molecular weight is 456 g/mol. The summed E-state index contributed by atoms with van der Waals surface area (Å²) < 4.78 is 5.61. The molecule has 0 aromatic heterocycles. The van der Waals surface area contributed by atoms with E-state index >= 15 is 0 Å². The molecule has 1 saturated heterocycles. The number of rotatable bonds is 10. The molecule has 1 aliphatic heterocycles. The van der Waals surface area contributed by atoms with Crippen LogP contribution in [0.25, 0.3) is 0 Å². The molecule has 0 saturated carbocycles. The van der Waals surface area contributed by atoms with E-state index in [1.165, 1.54) is 4.90 Å². The van der Waals surface area contributed by atoms with Crippen LogP contribution in [0.15, 0.2) is 54.6 Å². The summed E-state index contributed by atoms with van der Waals surface area (Å²) in [5.41, 5.74) is 1.89. The fourth-order valence-electron chi connectivity index (χ4n) is 3.62. The largest absolute Gasteiger partial charge is 0.494 e.